The number of hydrogen-bond donors (Lipinski definition) is 2. The Labute approximate surface area is 151 Å². The number of carbonyl (C=O) groups is 3. The van der Waals surface area contributed by atoms with Gasteiger partial charge < -0.3 is 10.6 Å². The number of nitrogens with zero attached hydrogens (tertiary/aromatic N) is 1. The van der Waals surface area contributed by atoms with Crippen molar-refractivity contribution in [2.45, 2.75) is 20.8 Å². The molecule has 2 rings (SSSR count). The Balaban J connectivity index is 2.06. The lowest BCUT2D eigenvalue weighted by Gasteiger charge is -2.22. The second-order valence-electron chi connectivity index (χ2n) is 6.36. The topological polar surface area (TPSA) is 99.1 Å². The Hall–Kier alpha value is -3.46. The lowest BCUT2D eigenvalue weighted by Crippen LogP contribution is -2.41. The van der Waals surface area contributed by atoms with Crippen LogP contribution in [0, 0.1) is 16.7 Å². The first-order valence-electron chi connectivity index (χ1n) is 7.98. The third kappa shape index (κ3) is 4.33. The van der Waals surface area contributed by atoms with Gasteiger partial charge in [-0.25, -0.2) is 0 Å². The minimum absolute atomic E-state index is 0.0648. The van der Waals surface area contributed by atoms with Crippen molar-refractivity contribution in [3.63, 3.8) is 0 Å². The molecule has 6 heteroatoms. The standard InChI is InChI=1S/C20H19N3O3/c1-13(24)15-6-10-17(11-7-15)23-19(26)20(2,3)18(25)22-16-8-4-14(12-21)5-9-16/h4-11H,1-3H3,(H,22,25)(H,23,26). The second kappa shape index (κ2) is 7.62. The van der Waals surface area contributed by atoms with Gasteiger partial charge in [-0.1, -0.05) is 0 Å². The van der Waals surface area contributed by atoms with Crippen molar-refractivity contribution in [1.82, 2.24) is 0 Å². The number of anilines is 2. The summed E-state index contributed by atoms with van der Waals surface area (Å²) in [6, 6.07) is 14.8. The first-order valence-corrected chi connectivity index (χ1v) is 7.98. The molecular formula is C20H19N3O3. The van der Waals surface area contributed by atoms with Gasteiger partial charge in [0, 0.05) is 16.9 Å². The number of nitrogens with one attached hydrogen (secondary N) is 2. The van der Waals surface area contributed by atoms with Crippen LogP contribution in [0.5, 0.6) is 0 Å². The molecule has 0 aromatic heterocycles. The molecule has 2 amide bonds. The van der Waals surface area contributed by atoms with E-state index >= 15 is 0 Å². The van der Waals surface area contributed by atoms with Crippen LogP contribution in [0.25, 0.3) is 0 Å². The molecule has 0 spiro atoms. The number of nitriles is 1. The highest BCUT2D eigenvalue weighted by atomic mass is 16.2. The number of ketones is 1. The molecule has 0 aliphatic heterocycles. The first kappa shape index (κ1) is 18.9. The predicted octanol–water partition coefficient (Wildman–Crippen LogP) is 3.36. The SMILES string of the molecule is CC(=O)c1ccc(NC(=O)C(C)(C)C(=O)Nc2ccc(C#N)cc2)cc1. The minimum Gasteiger partial charge on any atom is -0.325 e. The molecule has 0 fully saturated rings. The summed E-state index contributed by atoms with van der Waals surface area (Å²) in [5, 5.41) is 14.1. The zero-order valence-corrected chi connectivity index (χ0v) is 14.8. The van der Waals surface area contributed by atoms with Gasteiger partial charge >= 0.3 is 0 Å². The van der Waals surface area contributed by atoms with E-state index in [0.29, 0.717) is 22.5 Å². The van der Waals surface area contributed by atoms with E-state index in [1.807, 2.05) is 6.07 Å². The molecule has 0 heterocycles. The monoisotopic (exact) mass is 349 g/mol. The molecule has 26 heavy (non-hydrogen) atoms. The molecular weight excluding hydrogens is 330 g/mol. The lowest BCUT2D eigenvalue weighted by molar-refractivity contribution is -0.135. The molecule has 6 nitrogen and oxygen atoms in total. The quantitative estimate of drug-likeness (QED) is 0.638. The maximum Gasteiger partial charge on any atom is 0.239 e. The van der Waals surface area contributed by atoms with Gasteiger partial charge in [0.25, 0.3) is 0 Å². The van der Waals surface area contributed by atoms with Crippen LogP contribution < -0.4 is 10.6 Å². The van der Waals surface area contributed by atoms with E-state index in [9.17, 15) is 14.4 Å². The largest absolute Gasteiger partial charge is 0.325 e. The number of Topliss-reactive ketones (excluding diaryl/α,β-unsaturated/α-hetero) is 1. The molecule has 0 radical (unpaired) electrons. The van der Waals surface area contributed by atoms with Gasteiger partial charge in [-0.2, -0.15) is 5.26 Å². The van der Waals surface area contributed by atoms with Crippen LogP contribution in [0.3, 0.4) is 0 Å². The van der Waals surface area contributed by atoms with Gasteiger partial charge in [0.15, 0.2) is 5.78 Å². The predicted molar refractivity (Wildman–Crippen MR) is 98.6 cm³/mol. The van der Waals surface area contributed by atoms with Crippen LogP contribution in [0.4, 0.5) is 11.4 Å². The van der Waals surface area contributed by atoms with Crippen LogP contribution >= 0.6 is 0 Å². The van der Waals surface area contributed by atoms with Crippen LogP contribution in [-0.4, -0.2) is 17.6 Å². The van der Waals surface area contributed by atoms with E-state index in [0.717, 1.165) is 0 Å². The third-order valence-corrected chi connectivity index (χ3v) is 3.96. The second-order valence-corrected chi connectivity index (χ2v) is 6.36. The summed E-state index contributed by atoms with van der Waals surface area (Å²) < 4.78 is 0. The maximum absolute atomic E-state index is 12.5. The fraction of sp³-hybridized carbons (Fsp3) is 0.200. The van der Waals surface area contributed by atoms with E-state index in [1.54, 1.807) is 48.5 Å². The molecule has 2 aromatic rings. The Morgan fingerprint density at radius 1 is 0.846 bits per heavy atom. The molecule has 0 bridgehead atoms. The Bertz CT molecular complexity index is 876. The van der Waals surface area contributed by atoms with Crippen molar-refractivity contribution in [3.05, 3.63) is 59.7 Å². The van der Waals surface area contributed by atoms with Crippen LogP contribution in [-0.2, 0) is 9.59 Å². The molecule has 2 aromatic carbocycles. The summed E-state index contributed by atoms with van der Waals surface area (Å²) in [4.78, 5) is 36.3. The van der Waals surface area contributed by atoms with E-state index < -0.39 is 17.2 Å². The van der Waals surface area contributed by atoms with Gasteiger partial charge in [-0.3, -0.25) is 14.4 Å². The highest BCUT2D eigenvalue weighted by Gasteiger charge is 2.36. The number of rotatable bonds is 5. The highest BCUT2D eigenvalue weighted by Crippen LogP contribution is 2.22. The van der Waals surface area contributed by atoms with E-state index in [2.05, 4.69) is 10.6 Å². The third-order valence-electron chi connectivity index (χ3n) is 3.96. The normalized spacial score (nSPS) is 10.5. The van der Waals surface area contributed by atoms with Crippen molar-refractivity contribution in [2.75, 3.05) is 10.6 Å². The number of hydrogen-bond acceptors (Lipinski definition) is 4. The van der Waals surface area contributed by atoms with Crippen molar-refractivity contribution in [3.8, 4) is 6.07 Å². The van der Waals surface area contributed by atoms with Gasteiger partial charge in [0.1, 0.15) is 5.41 Å². The fourth-order valence-corrected chi connectivity index (χ4v) is 2.09. The van der Waals surface area contributed by atoms with Crippen molar-refractivity contribution < 1.29 is 14.4 Å². The summed E-state index contributed by atoms with van der Waals surface area (Å²) >= 11 is 0. The molecule has 0 saturated carbocycles. The number of carbonyl (C=O) groups excluding carboxylic acids is 3. The number of amides is 2. The van der Waals surface area contributed by atoms with Crippen molar-refractivity contribution >= 4 is 29.0 Å². The summed E-state index contributed by atoms with van der Waals surface area (Å²) in [6.45, 7) is 4.50. The highest BCUT2D eigenvalue weighted by molar-refractivity contribution is 6.14. The summed E-state index contributed by atoms with van der Waals surface area (Å²) in [5.74, 6) is -1.01. The molecule has 0 aliphatic rings. The molecule has 132 valence electrons. The fourth-order valence-electron chi connectivity index (χ4n) is 2.09. The Morgan fingerprint density at radius 3 is 1.65 bits per heavy atom. The maximum atomic E-state index is 12.5. The average molecular weight is 349 g/mol. The van der Waals surface area contributed by atoms with E-state index in [-0.39, 0.29) is 5.78 Å². The molecule has 2 N–H and O–H groups in total. The first-order chi connectivity index (χ1) is 12.2. The zero-order valence-electron chi connectivity index (χ0n) is 14.8. The van der Waals surface area contributed by atoms with Gasteiger partial charge in [0.05, 0.1) is 11.6 Å². The molecule has 0 unspecified atom stereocenters. The molecule has 0 atom stereocenters. The van der Waals surface area contributed by atoms with Crippen molar-refractivity contribution in [1.29, 1.82) is 5.26 Å². The van der Waals surface area contributed by atoms with Crippen LogP contribution in [0.15, 0.2) is 48.5 Å². The Morgan fingerprint density at radius 2 is 1.27 bits per heavy atom. The van der Waals surface area contributed by atoms with Gasteiger partial charge in [-0.05, 0) is 69.3 Å². The molecule has 0 saturated heterocycles. The van der Waals surface area contributed by atoms with Crippen molar-refractivity contribution in [2.24, 2.45) is 5.41 Å². The van der Waals surface area contributed by atoms with E-state index in [4.69, 9.17) is 5.26 Å². The number of benzene rings is 2. The minimum atomic E-state index is -1.33. The summed E-state index contributed by atoms with van der Waals surface area (Å²) in [6.07, 6.45) is 0. The van der Waals surface area contributed by atoms with E-state index in [1.165, 1.54) is 20.8 Å². The average Bonchev–Trinajstić information content (AvgIpc) is 2.62. The van der Waals surface area contributed by atoms with Crippen LogP contribution in [0.2, 0.25) is 0 Å². The zero-order chi connectivity index (χ0) is 19.3. The van der Waals surface area contributed by atoms with Gasteiger partial charge in [0.2, 0.25) is 11.8 Å². The molecule has 0 aliphatic carbocycles. The smallest absolute Gasteiger partial charge is 0.239 e. The Kier molecular flexibility index (Phi) is 5.53. The van der Waals surface area contributed by atoms with Gasteiger partial charge in [-0.15, -0.1) is 0 Å². The lowest BCUT2D eigenvalue weighted by atomic mass is 9.90. The van der Waals surface area contributed by atoms with Crippen LogP contribution in [0.1, 0.15) is 36.7 Å². The summed E-state index contributed by atoms with van der Waals surface area (Å²) in [5.41, 5.74) is 0.697. The summed E-state index contributed by atoms with van der Waals surface area (Å²) in [7, 11) is 0.